The molecule has 8 nitrogen and oxygen atoms in total. The highest BCUT2D eigenvalue weighted by atomic mass is 79.9. The van der Waals surface area contributed by atoms with Gasteiger partial charge in [-0.25, -0.2) is 14.7 Å². The quantitative estimate of drug-likeness (QED) is 0.109. The van der Waals surface area contributed by atoms with E-state index in [1.54, 1.807) is 91.0 Å². The van der Waals surface area contributed by atoms with Gasteiger partial charge in [0.05, 0.1) is 40.7 Å². The Morgan fingerprint density at radius 3 is 2.12 bits per heavy atom. The number of Topliss-reactive ketones (excluding diaryl/α,β-unsaturated/α-hetero) is 1. The predicted molar refractivity (Wildman–Crippen MR) is 165 cm³/mol. The molecule has 1 aliphatic rings. The minimum atomic E-state index is -1.04. The number of carbonyl (C=O) groups is 4. The van der Waals surface area contributed by atoms with Gasteiger partial charge in [0, 0.05) is 21.0 Å². The summed E-state index contributed by atoms with van der Waals surface area (Å²) in [6.45, 7) is 1.53. The fourth-order valence-electron chi connectivity index (χ4n) is 4.99. The third-order valence-corrected chi connectivity index (χ3v) is 7.73. The maximum absolute atomic E-state index is 13.5. The summed E-state index contributed by atoms with van der Waals surface area (Å²) in [7, 11) is 1.54. The molecule has 2 heterocycles. The molecule has 1 atom stereocenters. The monoisotopic (exact) mass is 634 g/mol. The number of amides is 2. The van der Waals surface area contributed by atoms with Crippen molar-refractivity contribution in [1.29, 1.82) is 0 Å². The van der Waals surface area contributed by atoms with Gasteiger partial charge in [-0.15, -0.1) is 0 Å². The van der Waals surface area contributed by atoms with Crippen LogP contribution in [0.25, 0.3) is 22.2 Å². The second-order valence-corrected chi connectivity index (χ2v) is 10.8. The first kappa shape index (κ1) is 28.0. The lowest BCUT2D eigenvalue weighted by Crippen LogP contribution is -2.29. The van der Waals surface area contributed by atoms with Crippen molar-refractivity contribution >= 4 is 56.1 Å². The van der Waals surface area contributed by atoms with Gasteiger partial charge in [0.15, 0.2) is 6.10 Å². The Balaban J connectivity index is 1.30. The minimum absolute atomic E-state index is 0.236. The first-order valence-corrected chi connectivity index (χ1v) is 14.1. The Kier molecular flexibility index (Phi) is 7.33. The summed E-state index contributed by atoms with van der Waals surface area (Å²) in [5, 5.41) is 0.551. The number of pyridine rings is 1. The van der Waals surface area contributed by atoms with E-state index < -0.39 is 12.1 Å². The molecular weight excluding hydrogens is 612 g/mol. The fraction of sp³-hybridized carbons (Fsp3) is 0.0882. The molecule has 6 rings (SSSR count). The van der Waals surface area contributed by atoms with E-state index in [2.05, 4.69) is 15.9 Å². The highest BCUT2D eigenvalue weighted by Crippen LogP contribution is 2.32. The third kappa shape index (κ3) is 5.19. The number of imide groups is 1. The maximum atomic E-state index is 13.5. The molecule has 5 aromatic rings. The van der Waals surface area contributed by atoms with E-state index in [0.717, 1.165) is 9.37 Å². The van der Waals surface area contributed by atoms with E-state index in [4.69, 9.17) is 14.5 Å². The Morgan fingerprint density at radius 2 is 1.49 bits per heavy atom. The van der Waals surface area contributed by atoms with Crippen LogP contribution in [-0.2, 0) is 4.74 Å². The zero-order valence-corrected chi connectivity index (χ0v) is 24.6. The number of nitrogens with zero attached hydrogens (tertiary/aromatic N) is 2. The lowest BCUT2D eigenvalue weighted by atomic mass is 10.0. The first-order chi connectivity index (χ1) is 20.7. The molecule has 1 aliphatic heterocycles. The van der Waals surface area contributed by atoms with E-state index in [9.17, 15) is 19.2 Å². The largest absolute Gasteiger partial charge is 0.497 e. The number of ether oxygens (including phenoxy) is 2. The smallest absolute Gasteiger partial charge is 0.339 e. The van der Waals surface area contributed by atoms with Crippen LogP contribution in [0.1, 0.15) is 48.4 Å². The van der Waals surface area contributed by atoms with E-state index in [-0.39, 0.29) is 23.2 Å². The van der Waals surface area contributed by atoms with Crippen molar-refractivity contribution < 1.29 is 28.7 Å². The second-order valence-electron chi connectivity index (χ2n) is 9.89. The minimum Gasteiger partial charge on any atom is -0.497 e. The number of hydrogen-bond acceptors (Lipinski definition) is 7. The molecule has 0 radical (unpaired) electrons. The van der Waals surface area contributed by atoms with Gasteiger partial charge >= 0.3 is 5.97 Å². The van der Waals surface area contributed by atoms with Gasteiger partial charge in [-0.1, -0.05) is 40.2 Å². The average Bonchev–Trinajstić information content (AvgIpc) is 3.29. The Labute approximate surface area is 255 Å². The summed E-state index contributed by atoms with van der Waals surface area (Å²) in [6, 6.07) is 27.0. The van der Waals surface area contributed by atoms with Crippen LogP contribution in [-0.4, -0.2) is 41.8 Å². The predicted octanol–water partition coefficient (Wildman–Crippen LogP) is 6.90. The lowest BCUT2D eigenvalue weighted by molar-refractivity contribution is 0.0320. The van der Waals surface area contributed by atoms with E-state index in [1.807, 2.05) is 6.07 Å². The van der Waals surface area contributed by atoms with Crippen LogP contribution in [0.5, 0.6) is 5.75 Å². The van der Waals surface area contributed by atoms with Crippen LogP contribution in [0.4, 0.5) is 5.69 Å². The van der Waals surface area contributed by atoms with Crippen LogP contribution in [0.15, 0.2) is 102 Å². The number of carbonyl (C=O) groups excluding carboxylic acids is 4. The molecule has 0 bridgehead atoms. The molecule has 1 aromatic heterocycles. The van der Waals surface area contributed by atoms with Crippen LogP contribution in [0.3, 0.4) is 0 Å². The number of aromatic nitrogens is 1. The molecule has 0 N–H and O–H groups in total. The molecule has 0 saturated heterocycles. The summed E-state index contributed by atoms with van der Waals surface area (Å²) < 4.78 is 11.5. The van der Waals surface area contributed by atoms with Crippen molar-refractivity contribution in [2.24, 2.45) is 0 Å². The zero-order valence-electron chi connectivity index (χ0n) is 23.0. The third-order valence-electron chi connectivity index (χ3n) is 7.23. The molecule has 9 heteroatoms. The Hall–Kier alpha value is -5.15. The van der Waals surface area contributed by atoms with Crippen molar-refractivity contribution in [2.75, 3.05) is 12.0 Å². The van der Waals surface area contributed by atoms with E-state index in [1.165, 1.54) is 14.0 Å². The highest BCUT2D eigenvalue weighted by Gasteiger charge is 2.36. The molecule has 0 spiro atoms. The number of benzene rings is 4. The molecule has 43 heavy (non-hydrogen) atoms. The SMILES string of the molecule is COc1ccc(C(=O)C(C)OC(=O)c2cc(-c3ccc(N4C(=O)c5ccccc5C4=O)cc3)nc3ccc(Br)cc23)cc1. The van der Waals surface area contributed by atoms with Crippen LogP contribution >= 0.6 is 15.9 Å². The fourth-order valence-corrected chi connectivity index (χ4v) is 5.35. The van der Waals surface area contributed by atoms with Gasteiger partial charge in [-0.2, -0.15) is 0 Å². The molecule has 0 fully saturated rings. The Morgan fingerprint density at radius 1 is 0.837 bits per heavy atom. The van der Waals surface area contributed by atoms with E-state index in [0.29, 0.717) is 50.3 Å². The first-order valence-electron chi connectivity index (χ1n) is 13.3. The average molecular weight is 635 g/mol. The van der Waals surface area contributed by atoms with Crippen molar-refractivity contribution in [3.63, 3.8) is 0 Å². The molecule has 1 unspecified atom stereocenters. The second kappa shape index (κ2) is 11.3. The van der Waals surface area contributed by atoms with Gasteiger partial charge in [-0.3, -0.25) is 14.4 Å². The summed E-state index contributed by atoms with van der Waals surface area (Å²) in [5.41, 5.74) is 3.45. The van der Waals surface area contributed by atoms with Crippen molar-refractivity contribution in [1.82, 2.24) is 4.98 Å². The summed E-state index contributed by atoms with van der Waals surface area (Å²) >= 11 is 3.45. The number of halogens is 1. The van der Waals surface area contributed by atoms with Crippen molar-refractivity contribution in [3.8, 4) is 17.0 Å². The lowest BCUT2D eigenvalue weighted by Gasteiger charge is -2.16. The number of hydrogen-bond donors (Lipinski definition) is 0. The number of anilines is 1. The number of esters is 1. The number of rotatable bonds is 7. The number of fused-ring (bicyclic) bond motifs is 2. The van der Waals surface area contributed by atoms with Gasteiger partial charge in [-0.05, 0) is 79.7 Å². The Bertz CT molecular complexity index is 1900. The van der Waals surface area contributed by atoms with Crippen molar-refractivity contribution in [3.05, 3.63) is 124 Å². The topological polar surface area (TPSA) is 103 Å². The van der Waals surface area contributed by atoms with Gasteiger partial charge in [0.1, 0.15) is 5.75 Å². The normalized spacial score (nSPS) is 13.1. The standard InChI is InChI=1S/C34H23BrN2O6/c1-19(31(38)21-9-14-24(42-2)15-10-21)43-34(41)28-18-30(36-29-16-11-22(35)17-27(28)29)20-7-12-23(13-8-20)37-32(39)25-5-3-4-6-26(25)33(37)40/h3-19H,1-2H3. The van der Waals surface area contributed by atoms with E-state index >= 15 is 0 Å². The van der Waals surface area contributed by atoms with Gasteiger partial charge in [0.25, 0.3) is 11.8 Å². The highest BCUT2D eigenvalue weighted by molar-refractivity contribution is 9.10. The van der Waals surface area contributed by atoms with Crippen LogP contribution in [0, 0.1) is 0 Å². The summed E-state index contributed by atoms with van der Waals surface area (Å²) in [6.07, 6.45) is -1.04. The molecule has 4 aromatic carbocycles. The summed E-state index contributed by atoms with van der Waals surface area (Å²) in [5.74, 6) is -1.18. The van der Waals surface area contributed by atoms with Crippen LogP contribution < -0.4 is 9.64 Å². The van der Waals surface area contributed by atoms with Crippen molar-refractivity contribution in [2.45, 2.75) is 13.0 Å². The molecular formula is C34H23BrN2O6. The van der Waals surface area contributed by atoms with Gasteiger partial charge in [0.2, 0.25) is 5.78 Å². The number of methoxy groups -OCH3 is 1. The molecule has 0 saturated carbocycles. The van der Waals surface area contributed by atoms with Crippen LogP contribution in [0.2, 0.25) is 0 Å². The molecule has 2 amide bonds. The molecule has 0 aliphatic carbocycles. The number of ketones is 1. The summed E-state index contributed by atoms with van der Waals surface area (Å²) in [4.78, 5) is 58.2. The maximum Gasteiger partial charge on any atom is 0.339 e. The zero-order chi connectivity index (χ0) is 30.2. The molecule has 212 valence electrons. The van der Waals surface area contributed by atoms with Gasteiger partial charge < -0.3 is 9.47 Å².